The minimum absolute atomic E-state index is 0.295. The highest BCUT2D eigenvalue weighted by atomic mass is 16.2. The Morgan fingerprint density at radius 2 is 1.72 bits per heavy atom. The lowest BCUT2D eigenvalue weighted by Crippen LogP contribution is -2.30. The lowest BCUT2D eigenvalue weighted by atomic mass is 10.1. The molecule has 0 unspecified atom stereocenters. The van der Waals surface area contributed by atoms with Gasteiger partial charge in [-0.1, -0.05) is 19.3 Å². The molecule has 0 atom stereocenters. The number of hydrogen-bond acceptors (Lipinski definition) is 2. The first-order valence-corrected chi connectivity index (χ1v) is 7.86. The molecule has 1 N–H and O–H groups in total. The third-order valence-electron chi connectivity index (χ3n) is 4.10. The molecular formula is C15H28N2O. The van der Waals surface area contributed by atoms with Gasteiger partial charge in [-0.2, -0.15) is 0 Å². The second kappa shape index (κ2) is 7.78. The summed E-state index contributed by atoms with van der Waals surface area (Å²) in [7, 11) is 0. The summed E-state index contributed by atoms with van der Waals surface area (Å²) in [6.07, 6.45) is 11.5. The number of hydrogen-bond donors (Lipinski definition) is 1. The third kappa shape index (κ3) is 5.38. The maximum atomic E-state index is 11.4. The number of likely N-dealkylation sites (tertiary alicyclic amines) is 1. The summed E-state index contributed by atoms with van der Waals surface area (Å²) in [6, 6.07) is 0. The molecule has 0 aromatic rings. The van der Waals surface area contributed by atoms with E-state index in [1.54, 1.807) is 0 Å². The van der Waals surface area contributed by atoms with Gasteiger partial charge in [-0.3, -0.25) is 4.79 Å². The van der Waals surface area contributed by atoms with Gasteiger partial charge in [0.15, 0.2) is 0 Å². The van der Waals surface area contributed by atoms with Crippen molar-refractivity contribution in [2.75, 3.05) is 26.2 Å². The number of nitrogens with zero attached hydrogens (tertiary/aromatic N) is 1. The third-order valence-corrected chi connectivity index (χ3v) is 4.10. The normalized spacial score (nSPS) is 20.9. The minimum atomic E-state index is 0.295. The Labute approximate surface area is 111 Å². The molecule has 0 aromatic carbocycles. The second-order valence-electron chi connectivity index (χ2n) is 5.88. The highest BCUT2D eigenvalue weighted by Gasteiger charge is 2.28. The monoisotopic (exact) mass is 252 g/mol. The minimum Gasteiger partial charge on any atom is -0.356 e. The molecule has 1 heterocycles. The number of unbranched alkanes of at least 4 members (excludes halogenated alkanes) is 3. The van der Waals surface area contributed by atoms with Gasteiger partial charge in [0, 0.05) is 12.5 Å². The first-order valence-electron chi connectivity index (χ1n) is 7.86. The van der Waals surface area contributed by atoms with E-state index in [2.05, 4.69) is 10.2 Å². The fraction of sp³-hybridized carbons (Fsp3) is 0.933. The van der Waals surface area contributed by atoms with Crippen molar-refractivity contribution in [1.29, 1.82) is 0 Å². The van der Waals surface area contributed by atoms with Gasteiger partial charge in [-0.15, -0.1) is 0 Å². The lowest BCUT2D eigenvalue weighted by molar-refractivity contribution is -0.122. The predicted molar refractivity (Wildman–Crippen MR) is 74.5 cm³/mol. The van der Waals surface area contributed by atoms with Gasteiger partial charge in [0.05, 0.1) is 0 Å². The zero-order valence-corrected chi connectivity index (χ0v) is 11.6. The molecule has 1 amide bonds. The molecule has 2 aliphatic rings. The first kappa shape index (κ1) is 13.9. The molecular weight excluding hydrogens is 224 g/mol. The van der Waals surface area contributed by atoms with Crippen molar-refractivity contribution >= 4 is 5.91 Å². The Bertz CT molecular complexity index is 245. The van der Waals surface area contributed by atoms with Crippen LogP contribution in [0.15, 0.2) is 0 Å². The van der Waals surface area contributed by atoms with Gasteiger partial charge in [-0.25, -0.2) is 0 Å². The molecule has 1 aliphatic heterocycles. The number of amides is 1. The van der Waals surface area contributed by atoms with Gasteiger partial charge < -0.3 is 10.2 Å². The standard InChI is InChI=1S/C15H28N2O/c18-15(14-8-9-14)16-10-4-1-2-5-11-17-12-6-3-7-13-17/h14H,1-13H2,(H,16,18). The molecule has 3 heteroatoms. The highest BCUT2D eigenvalue weighted by Crippen LogP contribution is 2.28. The predicted octanol–water partition coefficient (Wildman–Crippen LogP) is 2.56. The molecule has 0 bridgehead atoms. The van der Waals surface area contributed by atoms with Gasteiger partial charge in [0.2, 0.25) is 5.91 Å². The Morgan fingerprint density at radius 3 is 2.44 bits per heavy atom. The molecule has 104 valence electrons. The van der Waals surface area contributed by atoms with E-state index in [1.165, 1.54) is 58.2 Å². The van der Waals surface area contributed by atoms with Crippen LogP contribution in [-0.4, -0.2) is 37.0 Å². The molecule has 0 radical (unpaired) electrons. The Kier molecular flexibility index (Phi) is 5.98. The number of carbonyl (C=O) groups is 1. The summed E-state index contributed by atoms with van der Waals surface area (Å²) in [5, 5.41) is 3.04. The summed E-state index contributed by atoms with van der Waals surface area (Å²) < 4.78 is 0. The van der Waals surface area contributed by atoms with Crippen molar-refractivity contribution < 1.29 is 4.79 Å². The fourth-order valence-corrected chi connectivity index (χ4v) is 2.70. The average molecular weight is 252 g/mol. The number of carbonyl (C=O) groups excluding carboxylic acids is 1. The molecule has 1 saturated heterocycles. The molecule has 2 fully saturated rings. The van der Waals surface area contributed by atoms with Crippen molar-refractivity contribution in [2.24, 2.45) is 5.92 Å². The van der Waals surface area contributed by atoms with E-state index in [-0.39, 0.29) is 0 Å². The van der Waals surface area contributed by atoms with E-state index in [1.807, 2.05) is 0 Å². The van der Waals surface area contributed by atoms with E-state index in [9.17, 15) is 4.79 Å². The van der Waals surface area contributed by atoms with Crippen LogP contribution in [0.25, 0.3) is 0 Å². The smallest absolute Gasteiger partial charge is 0.223 e. The molecule has 1 aliphatic carbocycles. The molecule has 0 aromatic heterocycles. The Balaban J connectivity index is 1.35. The summed E-state index contributed by atoms with van der Waals surface area (Å²) in [5.74, 6) is 0.660. The van der Waals surface area contributed by atoms with Gasteiger partial charge >= 0.3 is 0 Å². The van der Waals surface area contributed by atoms with Crippen molar-refractivity contribution in [3.63, 3.8) is 0 Å². The van der Waals surface area contributed by atoms with Crippen molar-refractivity contribution in [3.8, 4) is 0 Å². The second-order valence-corrected chi connectivity index (χ2v) is 5.88. The van der Waals surface area contributed by atoms with Crippen LogP contribution >= 0.6 is 0 Å². The van der Waals surface area contributed by atoms with Crippen LogP contribution in [0.2, 0.25) is 0 Å². The Hall–Kier alpha value is -0.570. The van der Waals surface area contributed by atoms with E-state index < -0.39 is 0 Å². The SMILES string of the molecule is O=C(NCCCCCCN1CCCCC1)C1CC1. The van der Waals surface area contributed by atoms with Crippen LogP contribution < -0.4 is 5.32 Å². The molecule has 1 saturated carbocycles. The highest BCUT2D eigenvalue weighted by molar-refractivity contribution is 5.80. The van der Waals surface area contributed by atoms with Crippen LogP contribution in [-0.2, 0) is 4.79 Å². The summed E-state index contributed by atoms with van der Waals surface area (Å²) >= 11 is 0. The van der Waals surface area contributed by atoms with Crippen molar-refractivity contribution in [1.82, 2.24) is 10.2 Å². The summed E-state index contributed by atoms with van der Waals surface area (Å²) in [6.45, 7) is 4.81. The number of piperidine rings is 1. The first-order chi connectivity index (χ1) is 8.86. The van der Waals surface area contributed by atoms with E-state index in [4.69, 9.17) is 0 Å². The quantitative estimate of drug-likeness (QED) is 0.673. The topological polar surface area (TPSA) is 32.3 Å². The van der Waals surface area contributed by atoms with E-state index >= 15 is 0 Å². The van der Waals surface area contributed by atoms with Crippen molar-refractivity contribution in [3.05, 3.63) is 0 Å². The summed E-state index contributed by atoms with van der Waals surface area (Å²) in [4.78, 5) is 14.0. The molecule has 0 spiro atoms. The zero-order valence-electron chi connectivity index (χ0n) is 11.6. The average Bonchev–Trinajstić information content (AvgIpc) is 3.23. The van der Waals surface area contributed by atoms with Crippen LogP contribution in [0.4, 0.5) is 0 Å². The maximum absolute atomic E-state index is 11.4. The van der Waals surface area contributed by atoms with Crippen LogP contribution in [0, 0.1) is 5.92 Å². The van der Waals surface area contributed by atoms with Gasteiger partial charge in [0.1, 0.15) is 0 Å². The molecule has 3 nitrogen and oxygen atoms in total. The number of nitrogens with one attached hydrogen (secondary N) is 1. The number of rotatable bonds is 8. The molecule has 2 rings (SSSR count). The molecule has 18 heavy (non-hydrogen) atoms. The fourth-order valence-electron chi connectivity index (χ4n) is 2.70. The van der Waals surface area contributed by atoms with Crippen LogP contribution in [0.3, 0.4) is 0 Å². The summed E-state index contributed by atoms with van der Waals surface area (Å²) in [5.41, 5.74) is 0. The van der Waals surface area contributed by atoms with Crippen LogP contribution in [0.1, 0.15) is 57.8 Å². The van der Waals surface area contributed by atoms with Gasteiger partial charge in [0.25, 0.3) is 0 Å². The Morgan fingerprint density at radius 1 is 1.00 bits per heavy atom. The van der Waals surface area contributed by atoms with Crippen LogP contribution in [0.5, 0.6) is 0 Å². The largest absolute Gasteiger partial charge is 0.356 e. The van der Waals surface area contributed by atoms with E-state index in [0.717, 1.165) is 25.8 Å². The zero-order chi connectivity index (χ0) is 12.6. The lowest BCUT2D eigenvalue weighted by Gasteiger charge is -2.26. The van der Waals surface area contributed by atoms with E-state index in [0.29, 0.717) is 11.8 Å². The van der Waals surface area contributed by atoms with Gasteiger partial charge in [-0.05, 0) is 58.2 Å². The maximum Gasteiger partial charge on any atom is 0.223 e. The van der Waals surface area contributed by atoms with Crippen molar-refractivity contribution in [2.45, 2.75) is 57.8 Å².